The van der Waals surface area contributed by atoms with E-state index in [0.717, 1.165) is 83.2 Å². The molecule has 40 heavy (non-hydrogen) atoms. The Morgan fingerprint density at radius 3 is 2.65 bits per heavy atom. The highest BCUT2D eigenvalue weighted by Gasteiger charge is 2.38. The molecule has 2 aromatic heterocycles. The average Bonchev–Trinajstić information content (AvgIpc) is 3.46. The topological polar surface area (TPSA) is 91.4 Å². The van der Waals surface area contributed by atoms with Gasteiger partial charge in [0.15, 0.2) is 5.75 Å². The molecular weight excluding hydrogens is 526 g/mol. The van der Waals surface area contributed by atoms with Gasteiger partial charge in [0.2, 0.25) is 0 Å². The average molecular weight is 560 g/mol. The Balaban J connectivity index is 1.33. The Morgan fingerprint density at radius 2 is 1.90 bits per heavy atom. The van der Waals surface area contributed by atoms with Gasteiger partial charge in [-0.1, -0.05) is 17.7 Å². The molecule has 9 nitrogen and oxygen atoms in total. The number of ether oxygens (including phenoxy) is 2. The maximum Gasteiger partial charge on any atom is 0.319 e. The number of likely N-dealkylation sites (tertiary alicyclic amines) is 1. The van der Waals surface area contributed by atoms with E-state index in [1.165, 1.54) is 12.8 Å². The summed E-state index contributed by atoms with van der Waals surface area (Å²) in [4.78, 5) is 14.8. The molecule has 4 aromatic rings. The molecule has 5 aliphatic rings. The number of rotatable bonds is 7. The summed E-state index contributed by atoms with van der Waals surface area (Å²) in [5, 5.41) is 13.6. The van der Waals surface area contributed by atoms with Crippen LogP contribution in [0, 0.1) is 6.92 Å². The van der Waals surface area contributed by atoms with E-state index in [1.807, 2.05) is 12.3 Å². The number of H-pyrrole nitrogens is 1. The van der Waals surface area contributed by atoms with Crippen LogP contribution in [0.25, 0.3) is 32.9 Å². The molecule has 10 heteroatoms. The molecule has 0 radical (unpaired) electrons. The lowest BCUT2D eigenvalue weighted by molar-refractivity contribution is 0.187. The van der Waals surface area contributed by atoms with Gasteiger partial charge in [-0.2, -0.15) is 15.1 Å². The van der Waals surface area contributed by atoms with E-state index in [-0.39, 0.29) is 6.10 Å². The minimum absolute atomic E-state index is 0.158. The van der Waals surface area contributed by atoms with Crippen LogP contribution < -0.4 is 19.7 Å². The Labute approximate surface area is 238 Å². The van der Waals surface area contributed by atoms with Crippen molar-refractivity contribution in [2.45, 2.75) is 63.3 Å². The summed E-state index contributed by atoms with van der Waals surface area (Å²) in [5.74, 6) is 1.59. The van der Waals surface area contributed by atoms with E-state index in [9.17, 15) is 0 Å². The molecular formula is C30H34ClN7O2. The van der Waals surface area contributed by atoms with Gasteiger partial charge in [0.05, 0.1) is 22.8 Å². The second-order valence-corrected chi connectivity index (χ2v) is 12.4. The lowest BCUT2D eigenvalue weighted by atomic mass is 9.91. The zero-order valence-corrected chi connectivity index (χ0v) is 23.7. The zero-order valence-electron chi connectivity index (χ0n) is 22.9. The van der Waals surface area contributed by atoms with Gasteiger partial charge in [-0.05, 0) is 70.3 Å². The number of aromatic amines is 1. The van der Waals surface area contributed by atoms with E-state index in [2.05, 4.69) is 51.4 Å². The number of aromatic nitrogens is 4. The SMILES string of the molecule is Cc1ccc2[nH]ncc2c1-c1c(Cl)cc2c(N3CC4CC(C3)N4)nc(OC[C@@H]3CCCN3C)nc2c1OC1CC1. The highest BCUT2D eigenvalue weighted by atomic mass is 35.5. The third-order valence-electron chi connectivity index (χ3n) is 9.05. The van der Waals surface area contributed by atoms with Gasteiger partial charge in [0, 0.05) is 53.1 Å². The molecule has 6 heterocycles. The van der Waals surface area contributed by atoms with Crippen LogP contribution in [0.4, 0.5) is 5.82 Å². The van der Waals surface area contributed by atoms with Crippen molar-refractivity contribution in [2.75, 3.05) is 38.2 Å². The number of likely N-dealkylation sites (N-methyl/N-ethyl adjacent to an activating group) is 1. The van der Waals surface area contributed by atoms with Gasteiger partial charge in [-0.25, -0.2) is 0 Å². The van der Waals surface area contributed by atoms with Gasteiger partial charge in [0.1, 0.15) is 17.9 Å². The first kappa shape index (κ1) is 24.6. The normalized spacial score (nSPS) is 24.6. The highest BCUT2D eigenvalue weighted by molar-refractivity contribution is 6.35. The van der Waals surface area contributed by atoms with Crippen LogP contribution in [0.3, 0.4) is 0 Å². The Bertz CT molecular complexity index is 1600. The summed E-state index contributed by atoms with van der Waals surface area (Å²) < 4.78 is 13.1. The summed E-state index contributed by atoms with van der Waals surface area (Å²) in [6.45, 7) is 5.58. The lowest BCUT2D eigenvalue weighted by Crippen LogP contribution is -2.67. The van der Waals surface area contributed by atoms with Crippen molar-refractivity contribution in [1.29, 1.82) is 0 Å². The second-order valence-electron chi connectivity index (χ2n) is 12.0. The summed E-state index contributed by atoms with van der Waals surface area (Å²) in [7, 11) is 2.16. The van der Waals surface area contributed by atoms with Gasteiger partial charge in [-0.15, -0.1) is 0 Å². The van der Waals surface area contributed by atoms with Crippen molar-refractivity contribution in [3.63, 3.8) is 0 Å². The number of hydrogen-bond acceptors (Lipinski definition) is 8. The molecule has 4 saturated heterocycles. The quantitative estimate of drug-likeness (QED) is 0.337. The highest BCUT2D eigenvalue weighted by Crippen LogP contribution is 2.49. The number of aryl methyl sites for hydroxylation is 1. The van der Waals surface area contributed by atoms with Crippen LogP contribution in [0.5, 0.6) is 11.8 Å². The zero-order chi connectivity index (χ0) is 27.0. The fourth-order valence-electron chi connectivity index (χ4n) is 6.68. The number of piperidine rings is 1. The number of nitrogens with zero attached hydrogens (tertiary/aromatic N) is 5. The maximum absolute atomic E-state index is 7.20. The number of anilines is 1. The first-order chi connectivity index (χ1) is 19.5. The van der Waals surface area contributed by atoms with Crippen molar-refractivity contribution < 1.29 is 9.47 Å². The van der Waals surface area contributed by atoms with Crippen molar-refractivity contribution in [2.24, 2.45) is 0 Å². The predicted molar refractivity (Wildman–Crippen MR) is 157 cm³/mol. The van der Waals surface area contributed by atoms with Crippen LogP contribution in [0.1, 0.15) is 37.7 Å². The van der Waals surface area contributed by atoms with Crippen molar-refractivity contribution in [3.8, 4) is 22.9 Å². The molecule has 0 spiro atoms. The number of hydrogen-bond donors (Lipinski definition) is 2. The van der Waals surface area contributed by atoms with E-state index in [4.69, 9.17) is 31.0 Å². The van der Waals surface area contributed by atoms with E-state index >= 15 is 0 Å². The maximum atomic E-state index is 7.20. The molecule has 0 amide bonds. The van der Waals surface area contributed by atoms with Crippen molar-refractivity contribution >= 4 is 39.2 Å². The van der Waals surface area contributed by atoms with Crippen LogP contribution in [-0.4, -0.2) is 82.6 Å². The molecule has 2 bridgehead atoms. The molecule has 2 unspecified atom stereocenters. The molecule has 2 N–H and O–H groups in total. The standard InChI is InChI=1S/C30H34ClN7O2/c1-16-5-8-24-22(12-32-36-24)25(16)26-23(31)11-21-27(28(26)40-20-6-7-20)34-30(39-15-19-4-3-9-37(19)2)35-29(21)38-13-17-10-18(14-38)33-17/h5,8,11-12,17-20,33H,3-4,6-7,9-10,13-15H2,1-2H3,(H,32,36)/t17?,18?,19-/m0/s1. The fraction of sp³-hybridized carbons (Fsp3) is 0.500. The summed E-state index contributed by atoms with van der Waals surface area (Å²) in [6.07, 6.45) is 7.61. The first-order valence-electron chi connectivity index (χ1n) is 14.5. The molecule has 2 aromatic carbocycles. The molecule has 5 fully saturated rings. The van der Waals surface area contributed by atoms with Gasteiger partial charge in [-0.3, -0.25) is 5.10 Å². The van der Waals surface area contributed by atoms with Crippen molar-refractivity contribution in [1.82, 2.24) is 30.4 Å². The number of piperazine rings is 1. The number of halogens is 1. The molecule has 1 aliphatic carbocycles. The summed E-state index contributed by atoms with van der Waals surface area (Å²) >= 11 is 7.20. The Kier molecular flexibility index (Phi) is 5.83. The number of nitrogens with one attached hydrogen (secondary N) is 2. The molecule has 3 atom stereocenters. The molecule has 1 saturated carbocycles. The monoisotopic (exact) mass is 559 g/mol. The number of benzene rings is 2. The van der Waals surface area contributed by atoms with E-state index in [0.29, 0.717) is 41.5 Å². The number of fused-ring (bicyclic) bond motifs is 4. The smallest absolute Gasteiger partial charge is 0.319 e. The van der Waals surface area contributed by atoms with Crippen LogP contribution in [-0.2, 0) is 0 Å². The summed E-state index contributed by atoms with van der Waals surface area (Å²) in [5.41, 5.74) is 4.71. The third kappa shape index (κ3) is 4.17. The van der Waals surface area contributed by atoms with Crippen molar-refractivity contribution in [3.05, 3.63) is 35.0 Å². The minimum atomic E-state index is 0.158. The van der Waals surface area contributed by atoms with Crippen LogP contribution >= 0.6 is 11.6 Å². The first-order valence-corrected chi connectivity index (χ1v) is 14.9. The Hall–Kier alpha value is -3.14. The van der Waals surface area contributed by atoms with Gasteiger partial charge in [0.25, 0.3) is 0 Å². The fourth-order valence-corrected chi connectivity index (χ4v) is 6.97. The lowest BCUT2D eigenvalue weighted by Gasteiger charge is -2.48. The predicted octanol–water partition coefficient (Wildman–Crippen LogP) is 4.70. The minimum Gasteiger partial charge on any atom is -0.487 e. The largest absolute Gasteiger partial charge is 0.487 e. The second kappa shape index (κ2) is 9.46. The molecule has 9 rings (SSSR count). The summed E-state index contributed by atoms with van der Waals surface area (Å²) in [6, 6.07) is 7.93. The van der Waals surface area contributed by atoms with Gasteiger partial charge >= 0.3 is 6.01 Å². The third-order valence-corrected chi connectivity index (χ3v) is 9.34. The van der Waals surface area contributed by atoms with Crippen LogP contribution in [0.2, 0.25) is 5.02 Å². The van der Waals surface area contributed by atoms with E-state index in [1.54, 1.807) is 0 Å². The Morgan fingerprint density at radius 1 is 1.07 bits per heavy atom. The van der Waals surface area contributed by atoms with Crippen LogP contribution in [0.15, 0.2) is 24.4 Å². The molecule has 208 valence electrons. The van der Waals surface area contributed by atoms with E-state index < -0.39 is 0 Å². The van der Waals surface area contributed by atoms with Gasteiger partial charge < -0.3 is 24.6 Å². The molecule has 4 aliphatic heterocycles.